The number of amides is 1. The molecule has 3 heterocycles. The summed E-state index contributed by atoms with van der Waals surface area (Å²) >= 11 is 0. The summed E-state index contributed by atoms with van der Waals surface area (Å²) in [6.45, 7) is 2.85. The van der Waals surface area contributed by atoms with Crippen molar-refractivity contribution < 1.29 is 24.2 Å². The monoisotopic (exact) mass is 480 g/mol. The molecule has 0 aliphatic carbocycles. The fraction of sp³-hybridized carbons (Fsp3) is 0.423. The van der Waals surface area contributed by atoms with Gasteiger partial charge in [-0.25, -0.2) is 9.78 Å². The third-order valence-electron chi connectivity index (χ3n) is 6.12. The number of benzene rings is 1. The number of aliphatic hydroxyl groups excluding tert-OH is 1. The first kappa shape index (κ1) is 24.7. The van der Waals surface area contributed by atoms with Crippen molar-refractivity contribution in [2.75, 3.05) is 31.0 Å². The lowest BCUT2D eigenvalue weighted by atomic mass is 10.1. The number of carbonyl (C=O) groups is 2. The highest BCUT2D eigenvalue weighted by Gasteiger charge is 2.30. The molecule has 9 nitrogen and oxygen atoms in total. The number of methoxy groups -OCH3 is 1. The maximum Gasteiger partial charge on any atom is 0.356 e. The quantitative estimate of drug-likeness (QED) is 0.381. The van der Waals surface area contributed by atoms with Crippen molar-refractivity contribution in [2.45, 2.75) is 51.3 Å². The van der Waals surface area contributed by atoms with Crippen molar-refractivity contribution in [3.63, 3.8) is 0 Å². The van der Waals surface area contributed by atoms with Gasteiger partial charge in [-0.05, 0) is 44.2 Å². The predicted octanol–water partition coefficient (Wildman–Crippen LogP) is 3.37. The Hall–Kier alpha value is -3.43. The van der Waals surface area contributed by atoms with Crippen LogP contribution in [-0.2, 0) is 27.2 Å². The van der Waals surface area contributed by atoms with E-state index >= 15 is 0 Å². The summed E-state index contributed by atoms with van der Waals surface area (Å²) < 4.78 is 12.5. The summed E-state index contributed by atoms with van der Waals surface area (Å²) in [4.78, 5) is 30.6. The number of ether oxygens (including phenoxy) is 2. The number of hydrogen-bond acceptors (Lipinski definition) is 7. The van der Waals surface area contributed by atoms with E-state index in [0.717, 1.165) is 19.3 Å². The molecular weight excluding hydrogens is 448 g/mol. The Kier molecular flexibility index (Phi) is 7.99. The third-order valence-corrected chi connectivity index (χ3v) is 6.12. The van der Waals surface area contributed by atoms with E-state index in [2.05, 4.69) is 27.8 Å². The maximum absolute atomic E-state index is 13.0. The van der Waals surface area contributed by atoms with Crippen LogP contribution in [-0.4, -0.2) is 59.0 Å². The highest BCUT2D eigenvalue weighted by atomic mass is 16.5. The van der Waals surface area contributed by atoms with Crippen LogP contribution in [0.15, 0.2) is 42.6 Å². The second-order valence-corrected chi connectivity index (χ2v) is 8.77. The molecule has 4 rings (SSSR count). The van der Waals surface area contributed by atoms with Gasteiger partial charge >= 0.3 is 5.97 Å². The predicted molar refractivity (Wildman–Crippen MR) is 134 cm³/mol. The lowest BCUT2D eigenvalue weighted by Gasteiger charge is -2.13. The summed E-state index contributed by atoms with van der Waals surface area (Å²) in [5.41, 5.74) is 3.06. The van der Waals surface area contributed by atoms with Gasteiger partial charge in [0.25, 0.3) is 5.91 Å². The number of hydrogen-bond donors (Lipinski definition) is 3. The van der Waals surface area contributed by atoms with Crippen LogP contribution in [0.25, 0.3) is 11.0 Å². The SMILES string of the molecule is COC(=O)c1c(NC(=O)[C@H]2CCCO2)c2cc(N[C@@H](C)CO)cnc2n1CCCc1ccccc1. The zero-order valence-electron chi connectivity index (χ0n) is 20.1. The van der Waals surface area contributed by atoms with Gasteiger partial charge in [0.1, 0.15) is 11.8 Å². The first-order valence-electron chi connectivity index (χ1n) is 12.0. The van der Waals surface area contributed by atoms with E-state index in [1.54, 1.807) is 6.20 Å². The molecule has 1 aliphatic heterocycles. The van der Waals surface area contributed by atoms with E-state index in [0.29, 0.717) is 42.0 Å². The Balaban J connectivity index is 1.74. The van der Waals surface area contributed by atoms with E-state index in [1.807, 2.05) is 35.8 Å². The van der Waals surface area contributed by atoms with Gasteiger partial charge in [0.2, 0.25) is 0 Å². The van der Waals surface area contributed by atoms with Gasteiger partial charge in [0.15, 0.2) is 5.69 Å². The number of nitrogens with one attached hydrogen (secondary N) is 2. The Morgan fingerprint density at radius 1 is 1.31 bits per heavy atom. The van der Waals surface area contributed by atoms with Gasteiger partial charge in [-0.3, -0.25) is 4.79 Å². The summed E-state index contributed by atoms with van der Waals surface area (Å²) in [7, 11) is 1.32. The fourth-order valence-corrected chi connectivity index (χ4v) is 4.36. The number of aryl methyl sites for hydroxylation is 2. The van der Waals surface area contributed by atoms with Gasteiger partial charge in [-0.2, -0.15) is 0 Å². The molecule has 0 saturated carbocycles. The van der Waals surface area contributed by atoms with Crippen LogP contribution in [0, 0.1) is 0 Å². The Bertz CT molecular complexity index is 1170. The molecular formula is C26H32N4O5. The number of carbonyl (C=O) groups excluding carboxylic acids is 2. The number of rotatable bonds is 10. The summed E-state index contributed by atoms with van der Waals surface area (Å²) in [6.07, 6.45) is 4.15. The van der Waals surface area contributed by atoms with Crippen molar-refractivity contribution >= 4 is 34.3 Å². The second kappa shape index (κ2) is 11.3. The van der Waals surface area contributed by atoms with Gasteiger partial charge < -0.3 is 29.8 Å². The molecule has 35 heavy (non-hydrogen) atoms. The number of aromatic nitrogens is 2. The van der Waals surface area contributed by atoms with E-state index in [-0.39, 0.29) is 24.2 Å². The number of aliphatic hydroxyl groups is 1. The van der Waals surface area contributed by atoms with E-state index in [9.17, 15) is 14.7 Å². The van der Waals surface area contributed by atoms with Crippen LogP contribution in [0.2, 0.25) is 0 Å². The average molecular weight is 481 g/mol. The maximum atomic E-state index is 13.0. The van der Waals surface area contributed by atoms with Gasteiger partial charge in [0.05, 0.1) is 31.3 Å². The smallest absolute Gasteiger partial charge is 0.356 e. The molecule has 3 N–H and O–H groups in total. The number of esters is 1. The van der Waals surface area contributed by atoms with Crippen LogP contribution in [0.5, 0.6) is 0 Å². The molecule has 186 valence electrons. The van der Waals surface area contributed by atoms with Crippen LogP contribution >= 0.6 is 0 Å². The number of anilines is 2. The van der Waals surface area contributed by atoms with E-state index in [4.69, 9.17) is 9.47 Å². The Labute approximate surface area is 204 Å². The molecule has 0 spiro atoms. The van der Waals surface area contributed by atoms with Crippen molar-refractivity contribution in [1.82, 2.24) is 9.55 Å². The first-order valence-corrected chi connectivity index (χ1v) is 12.0. The summed E-state index contributed by atoms with van der Waals surface area (Å²) in [5.74, 6) is -0.846. The summed E-state index contributed by atoms with van der Waals surface area (Å²) in [6, 6.07) is 11.8. The minimum atomic E-state index is -0.555. The van der Waals surface area contributed by atoms with Crippen molar-refractivity contribution in [2.24, 2.45) is 0 Å². The van der Waals surface area contributed by atoms with Crippen molar-refractivity contribution in [3.8, 4) is 0 Å². The first-order chi connectivity index (χ1) is 17.0. The van der Waals surface area contributed by atoms with Crippen LogP contribution in [0.4, 0.5) is 11.4 Å². The van der Waals surface area contributed by atoms with Crippen LogP contribution < -0.4 is 10.6 Å². The highest BCUT2D eigenvalue weighted by molar-refractivity contribution is 6.12. The lowest BCUT2D eigenvalue weighted by Crippen LogP contribution is -2.28. The number of nitrogens with zero attached hydrogens (tertiary/aromatic N) is 2. The molecule has 1 aromatic carbocycles. The topological polar surface area (TPSA) is 115 Å². The Morgan fingerprint density at radius 2 is 2.11 bits per heavy atom. The second-order valence-electron chi connectivity index (χ2n) is 8.77. The molecule has 3 aromatic rings. The number of fused-ring (bicyclic) bond motifs is 1. The zero-order valence-corrected chi connectivity index (χ0v) is 20.1. The minimum Gasteiger partial charge on any atom is -0.464 e. The van der Waals surface area contributed by atoms with Gasteiger partial charge in [-0.15, -0.1) is 0 Å². The van der Waals surface area contributed by atoms with Crippen LogP contribution in [0.1, 0.15) is 42.2 Å². The van der Waals surface area contributed by atoms with E-state index in [1.165, 1.54) is 12.7 Å². The van der Waals surface area contributed by atoms with Gasteiger partial charge in [0, 0.05) is 24.6 Å². The van der Waals surface area contributed by atoms with Crippen molar-refractivity contribution in [1.29, 1.82) is 0 Å². The van der Waals surface area contributed by atoms with Crippen LogP contribution in [0.3, 0.4) is 0 Å². The number of pyridine rings is 1. The lowest BCUT2D eigenvalue weighted by molar-refractivity contribution is -0.124. The molecule has 1 aliphatic rings. The molecule has 2 aromatic heterocycles. The molecule has 1 amide bonds. The molecule has 0 radical (unpaired) electrons. The highest BCUT2D eigenvalue weighted by Crippen LogP contribution is 2.33. The van der Waals surface area contributed by atoms with Crippen molar-refractivity contribution in [3.05, 3.63) is 53.9 Å². The van der Waals surface area contributed by atoms with Gasteiger partial charge in [-0.1, -0.05) is 30.3 Å². The zero-order chi connectivity index (χ0) is 24.8. The molecule has 1 fully saturated rings. The standard InChI is InChI=1S/C26H32N4O5/c1-17(16-31)28-19-14-20-22(29-25(32)21-11-7-13-35-21)23(26(33)34-2)30(24(20)27-15-19)12-6-10-18-8-4-3-5-9-18/h3-5,8-9,14-15,17,21,28,31H,6-7,10-13,16H2,1-2H3,(H,29,32)/t17-,21+/m0/s1. The Morgan fingerprint density at radius 3 is 2.80 bits per heavy atom. The normalized spacial score (nSPS) is 16.3. The summed E-state index contributed by atoms with van der Waals surface area (Å²) in [5, 5.41) is 16.2. The molecule has 9 heteroatoms. The largest absolute Gasteiger partial charge is 0.464 e. The minimum absolute atomic E-state index is 0.0471. The van der Waals surface area contributed by atoms with E-state index < -0.39 is 12.1 Å². The molecule has 1 saturated heterocycles. The third kappa shape index (κ3) is 5.63. The molecule has 0 bridgehead atoms. The fourth-order valence-electron chi connectivity index (χ4n) is 4.36. The average Bonchev–Trinajstić information content (AvgIpc) is 3.52. The molecule has 0 unspecified atom stereocenters. The molecule has 2 atom stereocenters.